The summed E-state index contributed by atoms with van der Waals surface area (Å²) in [5, 5.41) is 15.6. The van der Waals surface area contributed by atoms with Crippen LogP contribution in [-0.2, 0) is 18.3 Å². The molecule has 0 saturated heterocycles. The van der Waals surface area contributed by atoms with Crippen LogP contribution in [0.25, 0.3) is 11.3 Å². The predicted molar refractivity (Wildman–Crippen MR) is 144 cm³/mol. The van der Waals surface area contributed by atoms with Crippen molar-refractivity contribution in [2.45, 2.75) is 58.7 Å². The molecule has 1 N–H and O–H groups in total. The van der Waals surface area contributed by atoms with Crippen LogP contribution in [0.4, 0.5) is 0 Å². The molecule has 7 heteroatoms. The van der Waals surface area contributed by atoms with Crippen molar-refractivity contribution in [3.8, 4) is 28.6 Å². The molecule has 0 aliphatic heterocycles. The Labute approximate surface area is 215 Å². The van der Waals surface area contributed by atoms with Gasteiger partial charge < -0.3 is 19.3 Å². The number of methoxy groups -OCH3 is 1. The SMILES string of the molecule is CCCCOC[C@@H](O)CN(Cc1c(-c2ccccc2)nn(C)c1Oc1ccccc1OC)[C@H](C)CC. The van der Waals surface area contributed by atoms with Gasteiger partial charge in [-0.2, -0.15) is 5.10 Å². The van der Waals surface area contributed by atoms with Crippen LogP contribution in [0, 0.1) is 0 Å². The number of ether oxygens (including phenoxy) is 3. The highest BCUT2D eigenvalue weighted by molar-refractivity contribution is 5.66. The van der Waals surface area contributed by atoms with E-state index >= 15 is 0 Å². The third kappa shape index (κ3) is 7.32. The fourth-order valence-corrected chi connectivity index (χ4v) is 4.11. The maximum atomic E-state index is 10.8. The van der Waals surface area contributed by atoms with E-state index in [1.807, 2.05) is 49.5 Å². The number of rotatable bonds is 15. The van der Waals surface area contributed by atoms with Gasteiger partial charge in [-0.3, -0.25) is 4.90 Å². The average molecular weight is 496 g/mol. The van der Waals surface area contributed by atoms with Crippen molar-refractivity contribution >= 4 is 0 Å². The Hall–Kier alpha value is -2.87. The van der Waals surface area contributed by atoms with E-state index in [-0.39, 0.29) is 6.04 Å². The van der Waals surface area contributed by atoms with Crippen LogP contribution in [0.15, 0.2) is 54.6 Å². The molecule has 0 amide bonds. The van der Waals surface area contributed by atoms with Crippen LogP contribution in [0.2, 0.25) is 0 Å². The van der Waals surface area contributed by atoms with E-state index in [4.69, 9.17) is 19.3 Å². The maximum absolute atomic E-state index is 10.8. The van der Waals surface area contributed by atoms with Crippen LogP contribution in [0.5, 0.6) is 17.4 Å². The van der Waals surface area contributed by atoms with Gasteiger partial charge in [0.05, 0.1) is 25.4 Å². The Morgan fingerprint density at radius 1 is 1.03 bits per heavy atom. The third-order valence-corrected chi connectivity index (χ3v) is 6.38. The van der Waals surface area contributed by atoms with E-state index < -0.39 is 6.10 Å². The van der Waals surface area contributed by atoms with E-state index in [2.05, 4.69) is 37.8 Å². The number of unbranched alkanes of at least 4 members (excludes halogenated alkanes) is 1. The lowest BCUT2D eigenvalue weighted by atomic mass is 10.1. The number of aliphatic hydroxyl groups is 1. The predicted octanol–water partition coefficient (Wildman–Crippen LogP) is 5.67. The van der Waals surface area contributed by atoms with Crippen molar-refractivity contribution in [2.75, 3.05) is 26.9 Å². The van der Waals surface area contributed by atoms with Crippen molar-refractivity contribution in [1.29, 1.82) is 0 Å². The Balaban J connectivity index is 1.95. The van der Waals surface area contributed by atoms with Gasteiger partial charge in [0.25, 0.3) is 0 Å². The first kappa shape index (κ1) is 27.7. The smallest absolute Gasteiger partial charge is 0.222 e. The zero-order valence-electron chi connectivity index (χ0n) is 22.3. The van der Waals surface area contributed by atoms with Crippen LogP contribution < -0.4 is 9.47 Å². The van der Waals surface area contributed by atoms with Crippen molar-refractivity contribution < 1.29 is 19.3 Å². The quantitative estimate of drug-likeness (QED) is 0.274. The van der Waals surface area contributed by atoms with Crippen molar-refractivity contribution in [3.63, 3.8) is 0 Å². The van der Waals surface area contributed by atoms with Gasteiger partial charge in [0, 0.05) is 38.3 Å². The molecular weight excluding hydrogens is 454 g/mol. The molecule has 1 aromatic heterocycles. The molecule has 0 bridgehead atoms. The molecule has 2 atom stereocenters. The first-order valence-electron chi connectivity index (χ1n) is 12.9. The fourth-order valence-electron chi connectivity index (χ4n) is 4.11. The molecule has 0 fully saturated rings. The highest BCUT2D eigenvalue weighted by atomic mass is 16.5. The molecule has 0 radical (unpaired) electrons. The van der Waals surface area contributed by atoms with Crippen LogP contribution >= 0.6 is 0 Å². The Bertz CT molecular complexity index is 1050. The molecule has 0 saturated carbocycles. The number of hydrogen-bond donors (Lipinski definition) is 1. The molecule has 36 heavy (non-hydrogen) atoms. The summed E-state index contributed by atoms with van der Waals surface area (Å²) in [6.07, 6.45) is 2.45. The molecule has 0 spiro atoms. The second kappa shape index (κ2) is 14.0. The highest BCUT2D eigenvalue weighted by Gasteiger charge is 2.26. The standard InChI is InChI=1S/C29H41N3O4/c1-6-8-18-35-21-24(33)19-32(22(3)7-2)20-25-28(23-14-10-9-11-15-23)30-31(4)29(25)36-27-17-13-12-16-26(27)34-5/h9-17,22,24,33H,6-8,18-21H2,1-5H3/t22-,24+/m1/s1. The first-order valence-corrected chi connectivity index (χ1v) is 12.9. The summed E-state index contributed by atoms with van der Waals surface area (Å²) in [5.74, 6) is 1.94. The number of hydrogen-bond acceptors (Lipinski definition) is 6. The minimum absolute atomic E-state index is 0.248. The van der Waals surface area contributed by atoms with Crippen molar-refractivity contribution in [1.82, 2.24) is 14.7 Å². The second-order valence-electron chi connectivity index (χ2n) is 9.14. The molecule has 1 heterocycles. The van der Waals surface area contributed by atoms with Crippen molar-refractivity contribution in [3.05, 3.63) is 60.2 Å². The number of para-hydroxylation sites is 2. The fraction of sp³-hybridized carbons (Fsp3) is 0.483. The molecule has 7 nitrogen and oxygen atoms in total. The van der Waals surface area contributed by atoms with Gasteiger partial charge in [0.15, 0.2) is 11.5 Å². The molecule has 196 valence electrons. The summed E-state index contributed by atoms with van der Waals surface area (Å²) in [6.45, 7) is 8.55. The van der Waals surface area contributed by atoms with Gasteiger partial charge in [-0.15, -0.1) is 0 Å². The van der Waals surface area contributed by atoms with E-state index in [0.29, 0.717) is 43.7 Å². The molecule has 3 aromatic rings. The van der Waals surface area contributed by atoms with Gasteiger partial charge in [0.2, 0.25) is 5.88 Å². The van der Waals surface area contributed by atoms with E-state index in [9.17, 15) is 5.11 Å². The summed E-state index contributed by atoms with van der Waals surface area (Å²) in [7, 11) is 3.53. The number of aromatic nitrogens is 2. The number of nitrogens with zero attached hydrogens (tertiary/aromatic N) is 3. The molecule has 0 unspecified atom stereocenters. The van der Waals surface area contributed by atoms with E-state index in [0.717, 1.165) is 36.1 Å². The van der Waals surface area contributed by atoms with Crippen molar-refractivity contribution in [2.24, 2.45) is 7.05 Å². The maximum Gasteiger partial charge on any atom is 0.222 e. The minimum atomic E-state index is -0.578. The monoisotopic (exact) mass is 495 g/mol. The summed E-state index contributed by atoms with van der Waals surface area (Å²) >= 11 is 0. The average Bonchev–Trinajstić information content (AvgIpc) is 3.21. The zero-order valence-corrected chi connectivity index (χ0v) is 22.3. The third-order valence-electron chi connectivity index (χ3n) is 6.38. The van der Waals surface area contributed by atoms with E-state index in [1.54, 1.807) is 11.8 Å². The van der Waals surface area contributed by atoms with Gasteiger partial charge in [-0.1, -0.05) is 62.7 Å². The zero-order chi connectivity index (χ0) is 25.9. The van der Waals surface area contributed by atoms with Gasteiger partial charge >= 0.3 is 0 Å². The lowest BCUT2D eigenvalue weighted by molar-refractivity contribution is 0.00665. The van der Waals surface area contributed by atoms with E-state index in [1.165, 1.54) is 0 Å². The number of benzene rings is 2. The van der Waals surface area contributed by atoms with Crippen LogP contribution in [-0.4, -0.2) is 58.8 Å². The summed E-state index contributed by atoms with van der Waals surface area (Å²) in [5.41, 5.74) is 2.85. The topological polar surface area (TPSA) is 69.0 Å². The first-order chi connectivity index (χ1) is 17.5. The largest absolute Gasteiger partial charge is 0.493 e. The van der Waals surface area contributed by atoms with Gasteiger partial charge in [-0.05, 0) is 31.9 Å². The van der Waals surface area contributed by atoms with Crippen LogP contribution in [0.1, 0.15) is 45.6 Å². The minimum Gasteiger partial charge on any atom is -0.493 e. The Morgan fingerprint density at radius 2 is 1.72 bits per heavy atom. The summed E-state index contributed by atoms with van der Waals surface area (Å²) in [6, 6.07) is 18.0. The number of aryl methyl sites for hydroxylation is 1. The van der Waals surface area contributed by atoms with Gasteiger partial charge in [-0.25, -0.2) is 4.68 Å². The molecule has 3 rings (SSSR count). The van der Waals surface area contributed by atoms with Crippen LogP contribution in [0.3, 0.4) is 0 Å². The molecule has 0 aliphatic carbocycles. The lowest BCUT2D eigenvalue weighted by Crippen LogP contribution is -2.40. The normalized spacial score (nSPS) is 13.1. The molecule has 0 aliphatic rings. The summed E-state index contributed by atoms with van der Waals surface area (Å²) < 4.78 is 19.4. The molecular formula is C29H41N3O4. The highest BCUT2D eigenvalue weighted by Crippen LogP contribution is 2.37. The van der Waals surface area contributed by atoms with Gasteiger partial charge in [0.1, 0.15) is 5.69 Å². The Morgan fingerprint density at radius 3 is 2.39 bits per heavy atom. The summed E-state index contributed by atoms with van der Waals surface area (Å²) in [4.78, 5) is 2.28. The molecule has 2 aromatic carbocycles. The number of aliphatic hydroxyl groups excluding tert-OH is 1. The lowest BCUT2D eigenvalue weighted by Gasteiger charge is -2.30. The second-order valence-corrected chi connectivity index (χ2v) is 9.14. The Kier molecular flexibility index (Phi) is 10.8.